The van der Waals surface area contributed by atoms with Crippen molar-refractivity contribution in [1.29, 1.82) is 0 Å². The number of hydrogen-bond acceptors (Lipinski definition) is 4. The van der Waals surface area contributed by atoms with Gasteiger partial charge in [-0.05, 0) is 52.3 Å². The molecule has 1 N–H and O–H groups in total. The van der Waals surface area contributed by atoms with Crippen molar-refractivity contribution in [3.05, 3.63) is 52.6 Å². The van der Waals surface area contributed by atoms with Crippen LogP contribution in [0, 0.1) is 0 Å². The molecule has 0 aliphatic rings. The lowest BCUT2D eigenvalue weighted by molar-refractivity contribution is -0.113. The maximum Gasteiger partial charge on any atom is 0.253 e. The Morgan fingerprint density at radius 3 is 2.43 bits per heavy atom. The quantitative estimate of drug-likeness (QED) is 0.791. The van der Waals surface area contributed by atoms with Crippen LogP contribution in [-0.2, 0) is 4.79 Å². The van der Waals surface area contributed by atoms with Crippen LogP contribution in [0.5, 0.6) is 0 Å². The minimum Gasteiger partial charge on any atom is -0.345 e. The first kappa shape index (κ1) is 17.5. The summed E-state index contributed by atoms with van der Waals surface area (Å²) in [6.45, 7) is 0. The van der Waals surface area contributed by atoms with E-state index in [9.17, 15) is 9.59 Å². The number of pyridine rings is 1. The van der Waals surface area contributed by atoms with Crippen LogP contribution >= 0.6 is 27.7 Å². The Morgan fingerprint density at radius 2 is 1.87 bits per heavy atom. The van der Waals surface area contributed by atoms with Crippen LogP contribution in [0.1, 0.15) is 10.4 Å². The Bertz CT molecular complexity index is 687. The van der Waals surface area contributed by atoms with Crippen LogP contribution in [0.3, 0.4) is 0 Å². The number of carbonyl (C=O) groups is 2. The standard InChI is InChI=1S/C16H16BrN3O2S/c1-20(2)16(22)11-3-6-13(7-4-11)19-14(21)10-23-15-8-5-12(17)9-18-15/h3-9H,10H2,1-2H3,(H,19,21). The number of amides is 2. The average Bonchev–Trinajstić information content (AvgIpc) is 2.54. The summed E-state index contributed by atoms with van der Waals surface area (Å²) in [7, 11) is 3.40. The molecule has 1 heterocycles. The molecule has 2 amide bonds. The molecule has 0 saturated carbocycles. The number of carbonyl (C=O) groups excluding carboxylic acids is 2. The molecule has 2 rings (SSSR count). The number of halogens is 1. The second kappa shape index (κ2) is 8.12. The zero-order valence-electron chi connectivity index (χ0n) is 12.7. The molecule has 1 aromatic carbocycles. The zero-order chi connectivity index (χ0) is 16.8. The maximum atomic E-state index is 11.9. The summed E-state index contributed by atoms with van der Waals surface area (Å²) in [4.78, 5) is 29.4. The second-order valence-corrected chi connectivity index (χ2v) is 6.84. The molecule has 0 fully saturated rings. The van der Waals surface area contributed by atoms with Gasteiger partial charge in [-0.25, -0.2) is 4.98 Å². The van der Waals surface area contributed by atoms with Gasteiger partial charge in [-0.2, -0.15) is 0 Å². The largest absolute Gasteiger partial charge is 0.345 e. The predicted molar refractivity (Wildman–Crippen MR) is 95.8 cm³/mol. The first-order chi connectivity index (χ1) is 11.0. The van der Waals surface area contributed by atoms with E-state index in [4.69, 9.17) is 0 Å². The van der Waals surface area contributed by atoms with E-state index in [1.165, 1.54) is 16.7 Å². The number of hydrogen-bond donors (Lipinski definition) is 1. The molecule has 0 atom stereocenters. The minimum atomic E-state index is -0.119. The fourth-order valence-electron chi connectivity index (χ4n) is 1.74. The summed E-state index contributed by atoms with van der Waals surface area (Å²) in [6, 6.07) is 10.6. The normalized spacial score (nSPS) is 10.2. The van der Waals surface area contributed by atoms with Gasteiger partial charge in [-0.15, -0.1) is 0 Å². The number of nitrogens with zero attached hydrogens (tertiary/aromatic N) is 2. The molecule has 120 valence electrons. The Morgan fingerprint density at radius 1 is 1.17 bits per heavy atom. The summed E-state index contributed by atoms with van der Waals surface area (Å²) < 4.78 is 0.902. The van der Waals surface area contributed by atoms with Gasteiger partial charge in [0, 0.05) is 36.0 Å². The first-order valence-electron chi connectivity index (χ1n) is 6.81. The molecule has 7 heteroatoms. The van der Waals surface area contributed by atoms with E-state index < -0.39 is 0 Å². The molecule has 0 aliphatic heterocycles. The average molecular weight is 394 g/mol. The third-order valence-corrected chi connectivity index (χ3v) is 4.29. The Kier molecular flexibility index (Phi) is 6.18. The number of thioether (sulfide) groups is 1. The predicted octanol–water partition coefficient (Wildman–Crippen LogP) is 3.28. The lowest BCUT2D eigenvalue weighted by Gasteiger charge is -2.11. The monoisotopic (exact) mass is 393 g/mol. The number of benzene rings is 1. The first-order valence-corrected chi connectivity index (χ1v) is 8.59. The highest BCUT2D eigenvalue weighted by atomic mass is 79.9. The third kappa shape index (κ3) is 5.37. The highest BCUT2D eigenvalue weighted by Gasteiger charge is 2.08. The van der Waals surface area contributed by atoms with Crippen molar-refractivity contribution in [3.63, 3.8) is 0 Å². The van der Waals surface area contributed by atoms with E-state index in [-0.39, 0.29) is 17.6 Å². The van der Waals surface area contributed by atoms with Crippen molar-refractivity contribution in [2.24, 2.45) is 0 Å². The van der Waals surface area contributed by atoms with Crippen LogP contribution in [-0.4, -0.2) is 41.5 Å². The summed E-state index contributed by atoms with van der Waals surface area (Å²) in [5.41, 5.74) is 1.25. The Balaban J connectivity index is 1.87. The van der Waals surface area contributed by atoms with Crippen molar-refractivity contribution in [2.45, 2.75) is 5.03 Å². The fourth-order valence-corrected chi connectivity index (χ4v) is 2.62. The molecule has 0 bridgehead atoms. The number of rotatable bonds is 5. The fraction of sp³-hybridized carbons (Fsp3) is 0.188. The molecule has 0 saturated heterocycles. The van der Waals surface area contributed by atoms with Gasteiger partial charge in [-0.3, -0.25) is 9.59 Å². The third-order valence-electron chi connectivity index (χ3n) is 2.87. The highest BCUT2D eigenvalue weighted by Crippen LogP contribution is 2.18. The lowest BCUT2D eigenvalue weighted by Crippen LogP contribution is -2.21. The molecule has 23 heavy (non-hydrogen) atoms. The van der Waals surface area contributed by atoms with E-state index in [0.717, 1.165) is 9.50 Å². The van der Waals surface area contributed by atoms with Crippen molar-refractivity contribution in [2.75, 3.05) is 25.2 Å². The van der Waals surface area contributed by atoms with Gasteiger partial charge in [0.1, 0.15) is 0 Å². The van der Waals surface area contributed by atoms with E-state index in [1.807, 2.05) is 12.1 Å². The van der Waals surface area contributed by atoms with Gasteiger partial charge in [-0.1, -0.05) is 11.8 Å². The summed E-state index contributed by atoms with van der Waals surface area (Å²) >= 11 is 4.68. The van der Waals surface area contributed by atoms with Gasteiger partial charge in [0.15, 0.2) is 0 Å². The molecule has 0 radical (unpaired) electrons. The summed E-state index contributed by atoms with van der Waals surface area (Å²) in [5, 5.41) is 3.58. The van der Waals surface area contributed by atoms with Crippen molar-refractivity contribution in [1.82, 2.24) is 9.88 Å². The van der Waals surface area contributed by atoms with Crippen molar-refractivity contribution in [3.8, 4) is 0 Å². The van der Waals surface area contributed by atoms with Gasteiger partial charge in [0.25, 0.3) is 5.91 Å². The van der Waals surface area contributed by atoms with Gasteiger partial charge < -0.3 is 10.2 Å². The smallest absolute Gasteiger partial charge is 0.253 e. The summed E-state index contributed by atoms with van der Waals surface area (Å²) in [6.07, 6.45) is 1.70. The molecule has 2 aromatic rings. The molecule has 0 aliphatic carbocycles. The maximum absolute atomic E-state index is 11.9. The minimum absolute atomic E-state index is 0.0697. The second-order valence-electron chi connectivity index (χ2n) is 4.93. The van der Waals surface area contributed by atoms with Crippen LogP contribution < -0.4 is 5.32 Å². The topological polar surface area (TPSA) is 62.3 Å². The van der Waals surface area contributed by atoms with E-state index in [2.05, 4.69) is 26.2 Å². The van der Waals surface area contributed by atoms with Crippen LogP contribution in [0.15, 0.2) is 52.1 Å². The van der Waals surface area contributed by atoms with Crippen molar-refractivity contribution >= 4 is 45.2 Å². The lowest BCUT2D eigenvalue weighted by atomic mass is 10.2. The molecule has 0 spiro atoms. The van der Waals surface area contributed by atoms with Gasteiger partial charge in [0.05, 0.1) is 10.8 Å². The molecular weight excluding hydrogens is 378 g/mol. The van der Waals surface area contributed by atoms with Crippen LogP contribution in [0.25, 0.3) is 0 Å². The van der Waals surface area contributed by atoms with Gasteiger partial charge in [0.2, 0.25) is 5.91 Å². The van der Waals surface area contributed by atoms with E-state index in [1.54, 1.807) is 44.6 Å². The molecule has 0 unspecified atom stereocenters. The van der Waals surface area contributed by atoms with Gasteiger partial charge >= 0.3 is 0 Å². The molecule has 5 nitrogen and oxygen atoms in total. The van der Waals surface area contributed by atoms with Crippen LogP contribution in [0.4, 0.5) is 5.69 Å². The highest BCUT2D eigenvalue weighted by molar-refractivity contribution is 9.10. The Hall–Kier alpha value is -1.86. The van der Waals surface area contributed by atoms with E-state index >= 15 is 0 Å². The zero-order valence-corrected chi connectivity index (χ0v) is 15.1. The SMILES string of the molecule is CN(C)C(=O)c1ccc(NC(=O)CSc2ccc(Br)cn2)cc1. The van der Waals surface area contributed by atoms with Crippen molar-refractivity contribution < 1.29 is 9.59 Å². The number of nitrogens with one attached hydrogen (secondary N) is 1. The molecule has 1 aromatic heterocycles. The Labute approximate surface area is 147 Å². The molecular formula is C16H16BrN3O2S. The van der Waals surface area contributed by atoms with Crippen LogP contribution in [0.2, 0.25) is 0 Å². The van der Waals surface area contributed by atoms with E-state index in [0.29, 0.717) is 11.3 Å². The number of anilines is 1. The summed E-state index contributed by atoms with van der Waals surface area (Å²) in [5.74, 6) is 0.0821. The number of aromatic nitrogens is 1.